The molecule has 1 saturated heterocycles. The van der Waals surface area contributed by atoms with Crippen molar-refractivity contribution in [1.29, 1.82) is 0 Å². The number of piperazine rings is 1. The molecule has 216 valence electrons. The minimum Gasteiger partial charge on any atom is -0.481 e. The molecule has 0 spiro atoms. The molecule has 0 aliphatic carbocycles. The third-order valence-corrected chi connectivity index (χ3v) is 7.96. The summed E-state index contributed by atoms with van der Waals surface area (Å²) in [5.74, 6) is 0.131. The fraction of sp³-hybridized carbons (Fsp3) is 0.344. The normalized spacial score (nSPS) is 14.4. The Bertz CT molecular complexity index is 1600. The number of fused-ring (bicyclic) bond motifs is 2. The van der Waals surface area contributed by atoms with Gasteiger partial charge in [-0.2, -0.15) is 0 Å². The number of hydrogen-bond donors (Lipinski definition) is 2. The van der Waals surface area contributed by atoms with E-state index in [0.717, 1.165) is 66.2 Å². The van der Waals surface area contributed by atoms with Crippen molar-refractivity contribution >= 4 is 40.9 Å². The van der Waals surface area contributed by atoms with Gasteiger partial charge in [-0.25, -0.2) is 9.97 Å². The van der Waals surface area contributed by atoms with Crippen LogP contribution in [-0.2, 0) is 16.1 Å². The maximum atomic E-state index is 12.6. The first-order valence-corrected chi connectivity index (χ1v) is 14.6. The van der Waals surface area contributed by atoms with Gasteiger partial charge in [0.2, 0.25) is 5.91 Å². The van der Waals surface area contributed by atoms with Crippen LogP contribution in [-0.4, -0.2) is 68.6 Å². The van der Waals surface area contributed by atoms with Crippen LogP contribution in [0, 0.1) is 0 Å². The summed E-state index contributed by atoms with van der Waals surface area (Å²) in [5, 5.41) is 12.2. The molecule has 10 nitrogen and oxygen atoms in total. The van der Waals surface area contributed by atoms with E-state index in [1.54, 1.807) is 6.20 Å². The molecule has 0 saturated carbocycles. The van der Waals surface area contributed by atoms with E-state index in [1.165, 1.54) is 5.56 Å². The van der Waals surface area contributed by atoms with Crippen LogP contribution in [0.3, 0.4) is 0 Å². The van der Waals surface area contributed by atoms with Crippen molar-refractivity contribution in [3.05, 3.63) is 72.2 Å². The van der Waals surface area contributed by atoms with E-state index in [-0.39, 0.29) is 12.3 Å². The fourth-order valence-electron chi connectivity index (χ4n) is 5.60. The van der Waals surface area contributed by atoms with Gasteiger partial charge in [0.1, 0.15) is 0 Å². The smallest absolute Gasteiger partial charge is 0.303 e. The van der Waals surface area contributed by atoms with Crippen LogP contribution in [0.2, 0.25) is 0 Å². The van der Waals surface area contributed by atoms with Crippen molar-refractivity contribution in [2.45, 2.75) is 45.1 Å². The number of nitrogens with one attached hydrogen (secondary N) is 1. The molecule has 1 fully saturated rings. The Morgan fingerprint density at radius 3 is 2.50 bits per heavy atom. The van der Waals surface area contributed by atoms with Crippen LogP contribution in [0.15, 0.2) is 66.0 Å². The average Bonchev–Trinajstić information content (AvgIpc) is 3.68. The maximum absolute atomic E-state index is 12.6. The molecule has 0 bridgehead atoms. The van der Waals surface area contributed by atoms with Crippen molar-refractivity contribution in [2.75, 3.05) is 36.4 Å². The highest BCUT2D eigenvalue weighted by Gasteiger charge is 2.21. The van der Waals surface area contributed by atoms with E-state index in [1.807, 2.05) is 27.9 Å². The molecule has 0 atom stereocenters. The number of aliphatic carboxylic acids is 1. The number of anilines is 3. The van der Waals surface area contributed by atoms with Crippen molar-refractivity contribution in [2.24, 2.45) is 4.99 Å². The zero-order valence-corrected chi connectivity index (χ0v) is 23.6. The van der Waals surface area contributed by atoms with Gasteiger partial charge in [0.05, 0.1) is 12.2 Å². The Balaban J connectivity index is 1.05. The third-order valence-electron chi connectivity index (χ3n) is 7.96. The number of nitrogens with zero attached hydrogens (tertiary/aromatic N) is 6. The average molecular weight is 566 g/mol. The van der Waals surface area contributed by atoms with E-state index >= 15 is 0 Å². The molecule has 4 heterocycles. The second-order valence-corrected chi connectivity index (χ2v) is 10.9. The number of amides is 1. The number of carbonyl (C=O) groups excluding carboxylic acids is 1. The number of aliphatic imine (C=N–C) groups is 1. The summed E-state index contributed by atoms with van der Waals surface area (Å²) < 4.78 is 1.99. The Hall–Kier alpha value is -4.73. The highest BCUT2D eigenvalue weighted by Crippen LogP contribution is 2.28. The number of benzene rings is 2. The lowest BCUT2D eigenvalue weighted by molar-refractivity contribution is -0.137. The number of carbonyl (C=O) groups is 2. The second-order valence-electron chi connectivity index (χ2n) is 10.9. The molecule has 2 aliphatic rings. The van der Waals surface area contributed by atoms with E-state index in [4.69, 9.17) is 10.1 Å². The third kappa shape index (κ3) is 6.27. The first kappa shape index (κ1) is 27.4. The minimum absolute atomic E-state index is 0.195. The molecular formula is C32H35N7O3. The SMILES string of the molecule is O=C(O)CCCCCCC(=O)N1CCN(c2ccc(Nc3nc(-c4ccc5c(c4)CN=C5)cn4ccnc34)cc2)CC1. The second kappa shape index (κ2) is 12.4. The van der Waals surface area contributed by atoms with Crippen LogP contribution in [0.1, 0.15) is 49.7 Å². The van der Waals surface area contributed by atoms with Crippen molar-refractivity contribution < 1.29 is 14.7 Å². The highest BCUT2D eigenvalue weighted by molar-refractivity contribution is 5.86. The number of imidazole rings is 1. The summed E-state index contributed by atoms with van der Waals surface area (Å²) in [5.41, 5.74) is 7.08. The van der Waals surface area contributed by atoms with Crippen molar-refractivity contribution in [1.82, 2.24) is 19.3 Å². The number of carboxylic acids is 1. The zero-order chi connectivity index (χ0) is 28.9. The molecule has 2 aromatic heterocycles. The van der Waals surface area contributed by atoms with Gasteiger partial charge >= 0.3 is 5.97 Å². The lowest BCUT2D eigenvalue weighted by Crippen LogP contribution is -2.48. The molecule has 1 amide bonds. The van der Waals surface area contributed by atoms with E-state index in [0.29, 0.717) is 38.3 Å². The topological polar surface area (TPSA) is 115 Å². The van der Waals surface area contributed by atoms with Crippen molar-refractivity contribution in [3.63, 3.8) is 0 Å². The predicted molar refractivity (Wildman–Crippen MR) is 164 cm³/mol. The fourth-order valence-corrected chi connectivity index (χ4v) is 5.60. The molecule has 0 unspecified atom stereocenters. The quantitative estimate of drug-likeness (QED) is 0.242. The summed E-state index contributed by atoms with van der Waals surface area (Å²) in [7, 11) is 0. The summed E-state index contributed by atoms with van der Waals surface area (Å²) >= 11 is 0. The molecule has 2 aliphatic heterocycles. The molecule has 2 aromatic carbocycles. The first-order valence-electron chi connectivity index (χ1n) is 14.6. The molecule has 0 radical (unpaired) electrons. The number of rotatable bonds is 11. The van der Waals surface area contributed by atoms with Gasteiger partial charge in [-0.1, -0.05) is 25.0 Å². The lowest BCUT2D eigenvalue weighted by atomic mass is 10.0. The van der Waals surface area contributed by atoms with Gasteiger partial charge < -0.3 is 24.6 Å². The van der Waals surface area contributed by atoms with Gasteiger partial charge in [-0.3, -0.25) is 14.6 Å². The Morgan fingerprint density at radius 1 is 0.929 bits per heavy atom. The molecule has 4 aromatic rings. The van der Waals surface area contributed by atoms with Gasteiger partial charge in [0, 0.05) is 80.8 Å². The van der Waals surface area contributed by atoms with E-state index in [2.05, 4.69) is 62.7 Å². The predicted octanol–water partition coefficient (Wildman–Crippen LogP) is 5.15. The van der Waals surface area contributed by atoms with Crippen LogP contribution in [0.4, 0.5) is 17.2 Å². The standard InChI is InChI=1S/C32H35N7O3/c40-29(5-3-1-2-4-6-30(41)42)38-17-15-37(16-18-38)27-11-9-26(10-12-27)35-31-32-34-13-14-39(32)22-28(36-31)23-7-8-24-20-33-21-25(24)19-23/h7-14,19-20,22H,1-6,15-18,21H2,(H,35,36)(H,41,42). The lowest BCUT2D eigenvalue weighted by Gasteiger charge is -2.36. The Labute approximate surface area is 244 Å². The Morgan fingerprint density at radius 2 is 1.71 bits per heavy atom. The zero-order valence-electron chi connectivity index (χ0n) is 23.6. The summed E-state index contributed by atoms with van der Waals surface area (Å²) in [6.45, 7) is 3.71. The first-order chi connectivity index (χ1) is 20.5. The summed E-state index contributed by atoms with van der Waals surface area (Å²) in [6.07, 6.45) is 11.6. The minimum atomic E-state index is -0.755. The molecule has 10 heteroatoms. The number of unbranched alkanes of at least 4 members (excludes halogenated alkanes) is 3. The van der Waals surface area contributed by atoms with Gasteiger partial charge in [0.15, 0.2) is 11.5 Å². The van der Waals surface area contributed by atoms with Crippen LogP contribution in [0.5, 0.6) is 0 Å². The number of aromatic nitrogens is 3. The summed E-state index contributed by atoms with van der Waals surface area (Å²) in [4.78, 5) is 41.3. The van der Waals surface area contributed by atoms with E-state index in [9.17, 15) is 9.59 Å². The number of hydrogen-bond acceptors (Lipinski definition) is 7. The maximum Gasteiger partial charge on any atom is 0.303 e. The molecule has 6 rings (SSSR count). The van der Waals surface area contributed by atoms with Crippen LogP contribution >= 0.6 is 0 Å². The molecular weight excluding hydrogens is 530 g/mol. The van der Waals surface area contributed by atoms with E-state index < -0.39 is 5.97 Å². The van der Waals surface area contributed by atoms with Crippen molar-refractivity contribution in [3.8, 4) is 11.3 Å². The summed E-state index contributed by atoms with van der Waals surface area (Å²) in [6, 6.07) is 14.6. The van der Waals surface area contributed by atoms with Crippen LogP contribution < -0.4 is 10.2 Å². The monoisotopic (exact) mass is 565 g/mol. The number of carboxylic acid groups (broad SMARTS) is 1. The largest absolute Gasteiger partial charge is 0.481 e. The molecule has 2 N–H and O–H groups in total. The highest BCUT2D eigenvalue weighted by atomic mass is 16.4. The van der Waals surface area contributed by atoms with Gasteiger partial charge in [-0.05, 0) is 54.3 Å². The van der Waals surface area contributed by atoms with Gasteiger partial charge in [0.25, 0.3) is 0 Å². The van der Waals surface area contributed by atoms with Gasteiger partial charge in [-0.15, -0.1) is 0 Å². The Kier molecular flexibility index (Phi) is 8.12. The van der Waals surface area contributed by atoms with Crippen LogP contribution in [0.25, 0.3) is 16.9 Å². The molecule has 42 heavy (non-hydrogen) atoms.